The Labute approximate surface area is 107 Å². The Balaban J connectivity index is 2.99. The zero-order valence-corrected chi connectivity index (χ0v) is 10.8. The summed E-state index contributed by atoms with van der Waals surface area (Å²) in [6, 6.07) is 7.05. The molecule has 1 aromatic carbocycles. The van der Waals surface area contributed by atoms with E-state index >= 15 is 0 Å². The van der Waals surface area contributed by atoms with Gasteiger partial charge < -0.3 is 14.4 Å². The third kappa shape index (κ3) is 3.14. The van der Waals surface area contributed by atoms with Crippen molar-refractivity contribution in [2.24, 2.45) is 0 Å². The van der Waals surface area contributed by atoms with Crippen LogP contribution >= 0.6 is 0 Å². The summed E-state index contributed by atoms with van der Waals surface area (Å²) in [6.07, 6.45) is 0.300. The molecule has 0 aromatic heterocycles. The quantitative estimate of drug-likeness (QED) is 0.795. The normalized spacial score (nSPS) is 9.44. The Hall–Kier alpha value is -2.22. The second kappa shape index (κ2) is 6.50. The number of rotatable bonds is 5. The van der Waals surface area contributed by atoms with Crippen molar-refractivity contribution in [1.82, 2.24) is 4.90 Å². The van der Waals surface area contributed by atoms with Crippen molar-refractivity contribution in [3.05, 3.63) is 23.8 Å². The van der Waals surface area contributed by atoms with Crippen LogP contribution in [0, 0.1) is 11.3 Å². The molecule has 1 amide bonds. The van der Waals surface area contributed by atoms with Gasteiger partial charge in [-0.25, -0.2) is 0 Å². The SMILES string of the molecule is COc1ccc(OC)c(C(=O)N(C)CCC#N)c1. The summed E-state index contributed by atoms with van der Waals surface area (Å²) in [4.78, 5) is 13.7. The molecule has 0 radical (unpaired) electrons. The highest BCUT2D eigenvalue weighted by molar-refractivity contribution is 5.97. The third-order valence-electron chi connectivity index (χ3n) is 2.54. The number of hydrogen-bond acceptors (Lipinski definition) is 4. The van der Waals surface area contributed by atoms with E-state index in [0.29, 0.717) is 30.0 Å². The Morgan fingerprint density at radius 3 is 2.67 bits per heavy atom. The molecule has 0 unspecified atom stereocenters. The van der Waals surface area contributed by atoms with E-state index in [0.717, 1.165) is 0 Å². The number of ether oxygens (including phenoxy) is 2. The number of methoxy groups -OCH3 is 2. The van der Waals surface area contributed by atoms with Gasteiger partial charge in [0.15, 0.2) is 0 Å². The number of amides is 1. The summed E-state index contributed by atoms with van der Waals surface area (Å²) in [5.41, 5.74) is 0.428. The summed E-state index contributed by atoms with van der Waals surface area (Å²) in [6.45, 7) is 0.385. The molecule has 0 bridgehead atoms. The molecule has 0 aliphatic rings. The highest BCUT2D eigenvalue weighted by atomic mass is 16.5. The second-order valence-corrected chi connectivity index (χ2v) is 3.70. The lowest BCUT2D eigenvalue weighted by molar-refractivity contribution is 0.0794. The summed E-state index contributed by atoms with van der Waals surface area (Å²) in [5, 5.41) is 8.52. The first-order valence-electron chi connectivity index (χ1n) is 5.48. The van der Waals surface area contributed by atoms with E-state index in [2.05, 4.69) is 0 Å². The minimum atomic E-state index is -0.194. The van der Waals surface area contributed by atoms with Crippen molar-refractivity contribution in [3.8, 4) is 17.6 Å². The van der Waals surface area contributed by atoms with Crippen molar-refractivity contribution in [2.75, 3.05) is 27.8 Å². The fourth-order valence-electron chi connectivity index (χ4n) is 1.51. The van der Waals surface area contributed by atoms with Gasteiger partial charge in [0, 0.05) is 13.6 Å². The topological polar surface area (TPSA) is 62.6 Å². The number of carbonyl (C=O) groups is 1. The molecule has 96 valence electrons. The fraction of sp³-hybridized carbons (Fsp3) is 0.385. The van der Waals surface area contributed by atoms with Crippen LogP contribution < -0.4 is 9.47 Å². The van der Waals surface area contributed by atoms with Crippen LogP contribution in [0.2, 0.25) is 0 Å². The highest BCUT2D eigenvalue weighted by Crippen LogP contribution is 2.25. The summed E-state index contributed by atoms with van der Waals surface area (Å²) in [7, 11) is 4.70. The molecule has 1 rings (SSSR count). The van der Waals surface area contributed by atoms with Gasteiger partial charge in [-0.05, 0) is 18.2 Å². The van der Waals surface area contributed by atoms with E-state index < -0.39 is 0 Å². The molecule has 0 atom stereocenters. The summed E-state index contributed by atoms with van der Waals surface area (Å²) >= 11 is 0. The monoisotopic (exact) mass is 248 g/mol. The van der Waals surface area contributed by atoms with Crippen LogP contribution in [0.3, 0.4) is 0 Å². The van der Waals surface area contributed by atoms with Crippen LogP contribution in [0.25, 0.3) is 0 Å². The standard InChI is InChI=1S/C13H16N2O3/c1-15(8-4-7-14)13(16)11-9-10(17-2)5-6-12(11)18-3/h5-6,9H,4,8H2,1-3H3. The van der Waals surface area contributed by atoms with Crippen molar-refractivity contribution in [1.29, 1.82) is 5.26 Å². The molecule has 0 saturated carbocycles. The lowest BCUT2D eigenvalue weighted by Gasteiger charge is -2.17. The van der Waals surface area contributed by atoms with Crippen LogP contribution in [0.15, 0.2) is 18.2 Å². The van der Waals surface area contributed by atoms with Crippen LogP contribution in [-0.4, -0.2) is 38.6 Å². The molecule has 0 N–H and O–H groups in total. The first-order chi connectivity index (χ1) is 8.63. The maximum Gasteiger partial charge on any atom is 0.257 e. The molecule has 0 heterocycles. The molecule has 0 fully saturated rings. The molecule has 0 saturated heterocycles. The van der Waals surface area contributed by atoms with Crippen LogP contribution in [0.5, 0.6) is 11.5 Å². The average Bonchev–Trinajstić information content (AvgIpc) is 2.43. The van der Waals surface area contributed by atoms with Crippen molar-refractivity contribution in [3.63, 3.8) is 0 Å². The Bertz CT molecular complexity index is 466. The van der Waals surface area contributed by atoms with E-state index in [1.807, 2.05) is 6.07 Å². The predicted molar refractivity (Wildman–Crippen MR) is 66.7 cm³/mol. The maximum atomic E-state index is 12.2. The van der Waals surface area contributed by atoms with Gasteiger partial charge in [0.2, 0.25) is 0 Å². The molecule has 0 aliphatic heterocycles. The van der Waals surface area contributed by atoms with Gasteiger partial charge in [-0.15, -0.1) is 0 Å². The maximum absolute atomic E-state index is 12.2. The van der Waals surface area contributed by atoms with Gasteiger partial charge in [0.25, 0.3) is 5.91 Å². The second-order valence-electron chi connectivity index (χ2n) is 3.70. The molecular formula is C13H16N2O3. The zero-order chi connectivity index (χ0) is 13.5. The van der Waals surface area contributed by atoms with E-state index in [1.54, 1.807) is 25.2 Å². The highest BCUT2D eigenvalue weighted by Gasteiger charge is 2.17. The van der Waals surface area contributed by atoms with Crippen LogP contribution in [0.4, 0.5) is 0 Å². The van der Waals surface area contributed by atoms with E-state index in [1.165, 1.54) is 19.1 Å². The molecule has 0 aliphatic carbocycles. The number of carbonyl (C=O) groups excluding carboxylic acids is 1. The van der Waals surface area contributed by atoms with Crippen molar-refractivity contribution >= 4 is 5.91 Å². The molecule has 5 nitrogen and oxygen atoms in total. The lowest BCUT2D eigenvalue weighted by atomic mass is 10.1. The van der Waals surface area contributed by atoms with E-state index in [9.17, 15) is 4.79 Å². The number of hydrogen-bond donors (Lipinski definition) is 0. The third-order valence-corrected chi connectivity index (χ3v) is 2.54. The number of benzene rings is 1. The van der Waals surface area contributed by atoms with Gasteiger partial charge >= 0.3 is 0 Å². The van der Waals surface area contributed by atoms with E-state index in [4.69, 9.17) is 14.7 Å². The van der Waals surface area contributed by atoms with Gasteiger partial charge in [0.1, 0.15) is 11.5 Å². The minimum absolute atomic E-state index is 0.194. The van der Waals surface area contributed by atoms with Crippen LogP contribution in [0.1, 0.15) is 16.8 Å². The molecule has 0 spiro atoms. The molecule has 1 aromatic rings. The molecule has 18 heavy (non-hydrogen) atoms. The fourth-order valence-corrected chi connectivity index (χ4v) is 1.51. The van der Waals surface area contributed by atoms with Gasteiger partial charge in [0.05, 0.1) is 32.3 Å². The predicted octanol–water partition coefficient (Wildman–Crippen LogP) is 1.69. The zero-order valence-electron chi connectivity index (χ0n) is 10.8. The lowest BCUT2D eigenvalue weighted by Crippen LogP contribution is -2.27. The smallest absolute Gasteiger partial charge is 0.257 e. The number of nitrogens with zero attached hydrogens (tertiary/aromatic N) is 2. The van der Waals surface area contributed by atoms with Crippen molar-refractivity contribution in [2.45, 2.75) is 6.42 Å². The average molecular weight is 248 g/mol. The Kier molecular flexibility index (Phi) is 5.00. The van der Waals surface area contributed by atoms with Gasteiger partial charge in [-0.2, -0.15) is 5.26 Å². The summed E-state index contributed by atoms with van der Waals surface area (Å²) in [5.74, 6) is 0.887. The minimum Gasteiger partial charge on any atom is -0.497 e. The van der Waals surface area contributed by atoms with Gasteiger partial charge in [-0.3, -0.25) is 4.79 Å². The first kappa shape index (κ1) is 13.8. The van der Waals surface area contributed by atoms with Gasteiger partial charge in [-0.1, -0.05) is 0 Å². The Morgan fingerprint density at radius 2 is 2.11 bits per heavy atom. The van der Waals surface area contributed by atoms with Crippen molar-refractivity contribution < 1.29 is 14.3 Å². The molecule has 5 heteroatoms. The largest absolute Gasteiger partial charge is 0.497 e. The Morgan fingerprint density at radius 1 is 1.39 bits per heavy atom. The number of nitriles is 1. The van der Waals surface area contributed by atoms with E-state index in [-0.39, 0.29) is 5.91 Å². The van der Waals surface area contributed by atoms with Crippen LogP contribution in [-0.2, 0) is 0 Å². The first-order valence-corrected chi connectivity index (χ1v) is 5.48. The molecular weight excluding hydrogens is 232 g/mol. The summed E-state index contributed by atoms with van der Waals surface area (Å²) < 4.78 is 10.2.